The van der Waals surface area contributed by atoms with E-state index in [-0.39, 0.29) is 0 Å². The Morgan fingerprint density at radius 3 is 2.60 bits per heavy atom. The van der Waals surface area contributed by atoms with Crippen molar-refractivity contribution in [3.8, 4) is 16.2 Å². The van der Waals surface area contributed by atoms with Crippen molar-refractivity contribution in [3.05, 3.63) is 70.1 Å². The highest BCUT2D eigenvalue weighted by atomic mass is 32.1. The minimum Gasteiger partial charge on any atom is -0.494 e. The van der Waals surface area contributed by atoms with Crippen LogP contribution in [0.3, 0.4) is 0 Å². The lowest BCUT2D eigenvalue weighted by molar-refractivity contribution is 0.309. The molecule has 1 heterocycles. The van der Waals surface area contributed by atoms with Crippen molar-refractivity contribution in [1.82, 2.24) is 0 Å². The molecule has 0 amide bonds. The van der Waals surface area contributed by atoms with E-state index >= 15 is 0 Å². The van der Waals surface area contributed by atoms with Gasteiger partial charge in [0.25, 0.3) is 0 Å². The summed E-state index contributed by atoms with van der Waals surface area (Å²) in [5.41, 5.74) is 5.91. The van der Waals surface area contributed by atoms with Crippen LogP contribution in [0.15, 0.2) is 65.3 Å². The Kier molecular flexibility index (Phi) is 7.77. The van der Waals surface area contributed by atoms with Crippen molar-refractivity contribution in [3.63, 3.8) is 0 Å². The Morgan fingerprint density at radius 1 is 1.13 bits per heavy atom. The van der Waals surface area contributed by atoms with Crippen molar-refractivity contribution in [2.75, 3.05) is 6.61 Å². The monoisotopic (exact) mass is 420 g/mol. The minimum absolute atomic E-state index is 0.293. The summed E-state index contributed by atoms with van der Waals surface area (Å²) in [4.78, 5) is 2.59. The van der Waals surface area contributed by atoms with Crippen LogP contribution < -0.4 is 4.74 Å². The molecule has 1 aliphatic carbocycles. The van der Waals surface area contributed by atoms with E-state index in [2.05, 4.69) is 89.2 Å². The van der Waals surface area contributed by atoms with Gasteiger partial charge in [0.1, 0.15) is 5.75 Å². The maximum atomic E-state index is 5.78. The molecular formula is C28H36OS. The zero-order chi connectivity index (χ0) is 21.6. The average Bonchev–Trinajstić information content (AvgIpc) is 3.16. The molecule has 160 valence electrons. The van der Waals surface area contributed by atoms with Crippen LogP contribution in [0, 0.1) is 5.41 Å². The predicted octanol–water partition coefficient (Wildman–Crippen LogP) is 9.08. The van der Waals surface area contributed by atoms with Gasteiger partial charge in [0, 0.05) is 9.75 Å². The van der Waals surface area contributed by atoms with Crippen molar-refractivity contribution < 1.29 is 4.74 Å². The summed E-state index contributed by atoms with van der Waals surface area (Å²) in [7, 11) is 0. The number of hydrogen-bond acceptors (Lipinski definition) is 2. The molecule has 0 N–H and O–H groups in total. The van der Waals surface area contributed by atoms with Gasteiger partial charge in [0.05, 0.1) is 6.61 Å². The lowest BCUT2D eigenvalue weighted by Crippen LogP contribution is -2.19. The SMILES string of the molecule is CCCCOc1ccc(-c2ccc(/C=C(C)/C=C/C3=C(C)CCCC3(C)C)s2)cc1. The van der Waals surface area contributed by atoms with Crippen LogP contribution in [0.4, 0.5) is 0 Å². The number of unbranched alkanes of at least 4 members (excludes halogenated alkanes) is 1. The molecule has 0 unspecified atom stereocenters. The zero-order valence-electron chi connectivity index (χ0n) is 19.3. The van der Waals surface area contributed by atoms with E-state index in [0.717, 1.165) is 25.2 Å². The normalized spacial score (nSPS) is 17.0. The average molecular weight is 421 g/mol. The number of allylic oxidation sites excluding steroid dienone is 5. The fourth-order valence-electron chi connectivity index (χ4n) is 4.13. The molecule has 1 nitrogen and oxygen atoms in total. The topological polar surface area (TPSA) is 9.23 Å². The third-order valence-corrected chi connectivity index (χ3v) is 7.04. The fourth-order valence-corrected chi connectivity index (χ4v) is 5.16. The van der Waals surface area contributed by atoms with Crippen molar-refractivity contribution in [1.29, 1.82) is 0 Å². The first-order valence-corrected chi connectivity index (χ1v) is 12.1. The molecule has 1 aromatic carbocycles. The lowest BCUT2D eigenvalue weighted by atomic mass is 9.72. The molecule has 2 heteroatoms. The second-order valence-corrected chi connectivity index (χ2v) is 10.2. The summed E-state index contributed by atoms with van der Waals surface area (Å²) in [6.45, 7) is 12.2. The smallest absolute Gasteiger partial charge is 0.119 e. The van der Waals surface area contributed by atoms with Gasteiger partial charge in [-0.1, -0.05) is 44.9 Å². The van der Waals surface area contributed by atoms with Crippen LogP contribution in [0.25, 0.3) is 16.5 Å². The Labute approximate surface area is 187 Å². The Hall–Kier alpha value is -2.06. The largest absolute Gasteiger partial charge is 0.494 e. The molecule has 30 heavy (non-hydrogen) atoms. The van der Waals surface area contributed by atoms with E-state index in [4.69, 9.17) is 4.74 Å². The molecule has 0 spiro atoms. The van der Waals surface area contributed by atoms with Crippen LogP contribution >= 0.6 is 11.3 Å². The molecule has 0 atom stereocenters. The first-order chi connectivity index (χ1) is 14.4. The number of hydrogen-bond donors (Lipinski definition) is 0. The van der Waals surface area contributed by atoms with Crippen molar-refractivity contribution >= 4 is 17.4 Å². The number of rotatable bonds is 8. The van der Waals surface area contributed by atoms with Crippen molar-refractivity contribution in [2.24, 2.45) is 5.41 Å². The number of thiophene rings is 1. The van der Waals surface area contributed by atoms with Crippen LogP contribution in [-0.4, -0.2) is 6.61 Å². The fraction of sp³-hybridized carbons (Fsp3) is 0.429. The van der Waals surface area contributed by atoms with E-state index in [1.807, 2.05) is 11.3 Å². The molecular weight excluding hydrogens is 384 g/mol. The maximum Gasteiger partial charge on any atom is 0.119 e. The van der Waals surface area contributed by atoms with E-state index in [9.17, 15) is 0 Å². The van der Waals surface area contributed by atoms with Crippen LogP contribution in [0.2, 0.25) is 0 Å². The van der Waals surface area contributed by atoms with Crippen LogP contribution in [0.5, 0.6) is 5.75 Å². The molecule has 0 saturated heterocycles. The molecule has 1 aromatic heterocycles. The molecule has 0 bridgehead atoms. The van der Waals surface area contributed by atoms with E-state index in [1.165, 1.54) is 45.7 Å². The summed E-state index contributed by atoms with van der Waals surface area (Å²) < 4.78 is 5.78. The highest BCUT2D eigenvalue weighted by Gasteiger charge is 2.26. The van der Waals surface area contributed by atoms with Gasteiger partial charge in [-0.2, -0.15) is 0 Å². The molecule has 3 rings (SSSR count). The van der Waals surface area contributed by atoms with Crippen LogP contribution in [0.1, 0.15) is 71.6 Å². The maximum absolute atomic E-state index is 5.78. The molecule has 2 aromatic rings. The molecule has 0 fully saturated rings. The van der Waals surface area contributed by atoms with E-state index < -0.39 is 0 Å². The van der Waals surface area contributed by atoms with Gasteiger partial charge in [-0.3, -0.25) is 0 Å². The zero-order valence-corrected chi connectivity index (χ0v) is 20.1. The van der Waals surface area contributed by atoms with E-state index in [0.29, 0.717) is 5.41 Å². The van der Waals surface area contributed by atoms with Crippen LogP contribution in [-0.2, 0) is 0 Å². The summed E-state index contributed by atoms with van der Waals surface area (Å²) in [5.74, 6) is 0.958. The molecule has 0 radical (unpaired) electrons. The minimum atomic E-state index is 0.293. The Bertz CT molecular complexity index is 922. The quantitative estimate of drug-likeness (QED) is 0.305. The summed E-state index contributed by atoms with van der Waals surface area (Å²) >= 11 is 1.84. The number of ether oxygens (including phenoxy) is 1. The second kappa shape index (κ2) is 10.3. The highest BCUT2D eigenvalue weighted by molar-refractivity contribution is 7.16. The summed E-state index contributed by atoms with van der Waals surface area (Å²) in [6, 6.07) is 12.9. The van der Waals surface area contributed by atoms with Gasteiger partial charge in [-0.15, -0.1) is 11.3 Å². The highest BCUT2D eigenvalue weighted by Crippen LogP contribution is 2.41. The summed E-state index contributed by atoms with van der Waals surface area (Å²) in [5, 5.41) is 0. The summed E-state index contributed by atoms with van der Waals surface area (Å²) in [6.07, 6.45) is 13.0. The number of benzene rings is 1. The third-order valence-electron chi connectivity index (χ3n) is 5.96. The Balaban J connectivity index is 1.68. The predicted molar refractivity (Wildman–Crippen MR) is 133 cm³/mol. The van der Waals surface area contributed by atoms with Crippen molar-refractivity contribution in [2.45, 2.75) is 66.7 Å². The molecule has 1 aliphatic rings. The lowest BCUT2D eigenvalue weighted by Gasteiger charge is -2.32. The first kappa shape index (κ1) is 22.6. The van der Waals surface area contributed by atoms with Gasteiger partial charge in [-0.05, 0) is 104 Å². The first-order valence-electron chi connectivity index (χ1n) is 11.3. The van der Waals surface area contributed by atoms with Gasteiger partial charge >= 0.3 is 0 Å². The van der Waals surface area contributed by atoms with Gasteiger partial charge in [0.15, 0.2) is 0 Å². The standard InChI is InChI=1S/C28H36OS/c1-6-7-19-29-24-13-11-23(12-14-24)27-17-15-25(30-27)20-21(2)10-16-26-22(3)9-8-18-28(26,4)5/h10-17,20H,6-9,18-19H2,1-5H3/b16-10+,21-20+. The molecule has 0 saturated carbocycles. The molecule has 0 aliphatic heterocycles. The van der Waals surface area contributed by atoms with Gasteiger partial charge in [-0.25, -0.2) is 0 Å². The second-order valence-electron chi connectivity index (χ2n) is 9.08. The van der Waals surface area contributed by atoms with Gasteiger partial charge in [0.2, 0.25) is 0 Å². The van der Waals surface area contributed by atoms with E-state index in [1.54, 1.807) is 5.57 Å². The Morgan fingerprint density at radius 2 is 1.90 bits per heavy atom. The third kappa shape index (κ3) is 5.98. The van der Waals surface area contributed by atoms with Gasteiger partial charge < -0.3 is 4.74 Å².